The van der Waals surface area contributed by atoms with Gasteiger partial charge in [0.2, 0.25) is 11.8 Å². The average Bonchev–Trinajstić information content (AvgIpc) is 2.68. The van der Waals surface area contributed by atoms with Gasteiger partial charge in [-0.25, -0.2) is 9.97 Å². The molecule has 3 rings (SSSR count). The van der Waals surface area contributed by atoms with Crippen molar-refractivity contribution in [2.45, 2.75) is 46.1 Å². The number of carbonyl (C=O) groups excluding carboxylic acids is 1. The highest BCUT2D eigenvalue weighted by molar-refractivity contribution is 5.73. The van der Waals surface area contributed by atoms with Gasteiger partial charge in [-0.15, -0.1) is 0 Å². The Labute approximate surface area is 172 Å². The van der Waals surface area contributed by atoms with Gasteiger partial charge in [-0.2, -0.15) is 0 Å². The van der Waals surface area contributed by atoms with Gasteiger partial charge in [-0.3, -0.25) is 4.79 Å². The van der Waals surface area contributed by atoms with Gasteiger partial charge in [0.1, 0.15) is 12.1 Å². The normalized spacial score (nSPS) is 14.1. The van der Waals surface area contributed by atoms with Gasteiger partial charge in [-0.1, -0.05) is 6.42 Å². The van der Waals surface area contributed by atoms with E-state index < -0.39 is 0 Å². The topological polar surface area (TPSA) is 93.6 Å². The van der Waals surface area contributed by atoms with Crippen molar-refractivity contribution in [1.82, 2.24) is 15.3 Å². The molecule has 7 nitrogen and oxygen atoms in total. The average molecular weight is 402 g/mol. The van der Waals surface area contributed by atoms with Gasteiger partial charge in [0.15, 0.2) is 0 Å². The Bertz CT molecular complexity index is 776. The number of hydrogen-bond donors (Lipinski definition) is 2. The first-order chi connectivity index (χ1) is 13.9. The third kappa shape index (κ3) is 7.02. The van der Waals surface area contributed by atoms with Crippen LogP contribution in [-0.2, 0) is 4.79 Å². The number of rotatable bonds is 7. The zero-order valence-corrected chi connectivity index (χ0v) is 17.6. The summed E-state index contributed by atoms with van der Waals surface area (Å²) in [6.45, 7) is 5.93. The molecule has 1 unspecified atom stereocenters. The smallest absolute Gasteiger partial charge is 0.219 e. The summed E-state index contributed by atoms with van der Waals surface area (Å²) in [5.41, 5.74) is 2.95. The second kappa shape index (κ2) is 11.4. The van der Waals surface area contributed by atoms with Gasteiger partial charge in [0.25, 0.3) is 0 Å². The number of benzene rings is 1. The van der Waals surface area contributed by atoms with Gasteiger partial charge < -0.3 is 19.9 Å². The van der Waals surface area contributed by atoms with E-state index in [2.05, 4.69) is 15.3 Å². The van der Waals surface area contributed by atoms with Crippen molar-refractivity contribution >= 4 is 5.91 Å². The highest BCUT2D eigenvalue weighted by Gasteiger charge is 2.19. The molecule has 29 heavy (non-hydrogen) atoms. The highest BCUT2D eigenvalue weighted by Crippen LogP contribution is 2.30. The highest BCUT2D eigenvalue weighted by atomic mass is 16.5. The van der Waals surface area contributed by atoms with Crippen molar-refractivity contribution in [2.24, 2.45) is 5.92 Å². The standard InChI is InChI=1S/C17H20N2O2.C5H11NO2/c1-12-16(14-6-8-15(20-2)9-7-14)18-11-19-17(12)21-10-13-4-3-5-13;1-4(3-7)6-5(2)8/h6-9,11,13H,3-5,10H2,1-2H3;4,7H,3H2,1-2H3,(H,6,8). The summed E-state index contributed by atoms with van der Waals surface area (Å²) >= 11 is 0. The number of aromatic nitrogens is 2. The Balaban J connectivity index is 0.000000321. The first kappa shape index (κ1) is 22.6. The van der Waals surface area contributed by atoms with Crippen LogP contribution < -0.4 is 14.8 Å². The molecule has 2 N–H and O–H groups in total. The molecule has 1 aromatic heterocycles. The van der Waals surface area contributed by atoms with Crippen LogP contribution in [0.25, 0.3) is 11.3 Å². The van der Waals surface area contributed by atoms with Crippen LogP contribution in [0.5, 0.6) is 11.6 Å². The van der Waals surface area contributed by atoms with Crippen LogP contribution in [-0.4, -0.2) is 47.3 Å². The number of ether oxygens (including phenoxy) is 2. The second-order valence-electron chi connectivity index (χ2n) is 7.27. The number of hydrogen-bond acceptors (Lipinski definition) is 6. The lowest BCUT2D eigenvalue weighted by atomic mass is 9.86. The predicted octanol–water partition coefficient (Wildman–Crippen LogP) is 3.14. The second-order valence-corrected chi connectivity index (χ2v) is 7.27. The van der Waals surface area contributed by atoms with Crippen molar-refractivity contribution in [2.75, 3.05) is 20.3 Å². The van der Waals surface area contributed by atoms with Crippen molar-refractivity contribution in [3.05, 3.63) is 36.2 Å². The summed E-state index contributed by atoms with van der Waals surface area (Å²) < 4.78 is 11.1. The molecular formula is C22H31N3O4. The van der Waals surface area contributed by atoms with E-state index in [1.54, 1.807) is 20.4 Å². The van der Waals surface area contributed by atoms with Crippen LogP contribution in [0.4, 0.5) is 0 Å². The van der Waals surface area contributed by atoms with Crippen molar-refractivity contribution < 1.29 is 19.4 Å². The van der Waals surface area contributed by atoms with Gasteiger partial charge >= 0.3 is 0 Å². The van der Waals surface area contributed by atoms with Crippen LogP contribution in [0.1, 0.15) is 38.7 Å². The van der Waals surface area contributed by atoms with Crippen LogP contribution >= 0.6 is 0 Å². The largest absolute Gasteiger partial charge is 0.497 e. The van der Waals surface area contributed by atoms with E-state index in [0.717, 1.165) is 29.2 Å². The Morgan fingerprint density at radius 2 is 1.97 bits per heavy atom. The van der Waals surface area contributed by atoms with Crippen LogP contribution in [0.3, 0.4) is 0 Å². The lowest BCUT2D eigenvalue weighted by Crippen LogP contribution is -2.32. The molecule has 1 aromatic carbocycles. The molecule has 1 aliphatic rings. The number of carbonyl (C=O) groups is 1. The molecule has 1 atom stereocenters. The molecule has 7 heteroatoms. The molecule has 2 aromatic rings. The fraction of sp³-hybridized carbons (Fsp3) is 0.500. The number of aliphatic hydroxyl groups is 1. The van der Waals surface area contributed by atoms with Crippen LogP contribution in [0, 0.1) is 12.8 Å². The fourth-order valence-electron chi connectivity index (χ4n) is 2.87. The lowest BCUT2D eigenvalue weighted by Gasteiger charge is -2.25. The number of nitrogens with zero attached hydrogens (tertiary/aromatic N) is 2. The van der Waals surface area contributed by atoms with Crippen LogP contribution in [0.2, 0.25) is 0 Å². The van der Waals surface area contributed by atoms with Crippen molar-refractivity contribution in [3.8, 4) is 22.9 Å². The Morgan fingerprint density at radius 1 is 1.28 bits per heavy atom. The van der Waals surface area contributed by atoms with E-state index in [4.69, 9.17) is 14.6 Å². The third-order valence-electron chi connectivity index (χ3n) is 4.81. The monoisotopic (exact) mass is 401 g/mol. The van der Waals surface area contributed by atoms with Crippen molar-refractivity contribution in [1.29, 1.82) is 0 Å². The number of amides is 1. The van der Waals surface area contributed by atoms with E-state index in [-0.39, 0.29) is 18.6 Å². The molecule has 1 heterocycles. The fourth-order valence-corrected chi connectivity index (χ4v) is 2.87. The van der Waals surface area contributed by atoms with Gasteiger partial charge in [0.05, 0.1) is 26.0 Å². The zero-order valence-electron chi connectivity index (χ0n) is 17.6. The SMILES string of the molecule is CC(=O)NC(C)CO.COc1ccc(-c2ncnc(OCC3CCC3)c2C)cc1. The summed E-state index contributed by atoms with van der Waals surface area (Å²) in [4.78, 5) is 18.9. The molecular weight excluding hydrogens is 370 g/mol. The minimum absolute atomic E-state index is 0.000417. The molecule has 0 radical (unpaired) electrons. The number of methoxy groups -OCH3 is 1. The lowest BCUT2D eigenvalue weighted by molar-refractivity contribution is -0.119. The summed E-state index contributed by atoms with van der Waals surface area (Å²) in [7, 11) is 1.66. The minimum atomic E-state index is -0.118. The zero-order chi connectivity index (χ0) is 21.2. The maximum atomic E-state index is 10.2. The van der Waals surface area contributed by atoms with Gasteiger partial charge in [-0.05, 0) is 56.9 Å². The van der Waals surface area contributed by atoms with Crippen molar-refractivity contribution in [3.63, 3.8) is 0 Å². The minimum Gasteiger partial charge on any atom is -0.497 e. The van der Waals surface area contributed by atoms with E-state index >= 15 is 0 Å². The first-order valence-electron chi connectivity index (χ1n) is 9.91. The number of aliphatic hydroxyl groups excluding tert-OH is 1. The summed E-state index contributed by atoms with van der Waals surface area (Å²) in [5.74, 6) is 2.13. The van der Waals surface area contributed by atoms with E-state index in [9.17, 15) is 4.79 Å². The molecule has 1 fully saturated rings. The van der Waals surface area contributed by atoms with E-state index in [1.807, 2.05) is 31.2 Å². The molecule has 1 aliphatic carbocycles. The molecule has 0 spiro atoms. The molecule has 0 aliphatic heterocycles. The third-order valence-corrected chi connectivity index (χ3v) is 4.81. The molecule has 1 amide bonds. The Morgan fingerprint density at radius 3 is 2.45 bits per heavy atom. The molecule has 158 valence electrons. The van der Waals surface area contributed by atoms with E-state index in [1.165, 1.54) is 26.2 Å². The summed E-state index contributed by atoms with van der Waals surface area (Å²) in [6.07, 6.45) is 5.45. The predicted molar refractivity (Wildman–Crippen MR) is 112 cm³/mol. The molecule has 1 saturated carbocycles. The van der Waals surface area contributed by atoms with Crippen LogP contribution in [0.15, 0.2) is 30.6 Å². The summed E-state index contributed by atoms with van der Waals surface area (Å²) in [6, 6.07) is 7.76. The Kier molecular flexibility index (Phi) is 8.86. The number of nitrogens with one attached hydrogen (secondary N) is 1. The molecule has 0 saturated heterocycles. The van der Waals surface area contributed by atoms with Gasteiger partial charge in [0, 0.05) is 24.1 Å². The molecule has 0 bridgehead atoms. The summed E-state index contributed by atoms with van der Waals surface area (Å²) in [5, 5.41) is 10.9. The van der Waals surface area contributed by atoms with E-state index in [0.29, 0.717) is 11.8 Å². The quantitative estimate of drug-likeness (QED) is 0.740. The first-order valence-corrected chi connectivity index (χ1v) is 9.91. The maximum Gasteiger partial charge on any atom is 0.219 e. The Hall–Kier alpha value is -2.67. The maximum absolute atomic E-state index is 10.2.